The second kappa shape index (κ2) is 4.01. The van der Waals surface area contributed by atoms with Gasteiger partial charge in [0.1, 0.15) is 0 Å². The highest BCUT2D eigenvalue weighted by Crippen LogP contribution is 2.15. The van der Waals surface area contributed by atoms with Crippen molar-refractivity contribution in [3.8, 4) is 0 Å². The Labute approximate surface area is 84.3 Å². The van der Waals surface area contributed by atoms with Gasteiger partial charge in [0.15, 0.2) is 5.96 Å². The van der Waals surface area contributed by atoms with Crippen molar-refractivity contribution < 1.29 is 0 Å². The van der Waals surface area contributed by atoms with E-state index >= 15 is 0 Å². The highest BCUT2D eigenvalue weighted by atomic mass is 35.5. The first kappa shape index (κ1) is 10.4. The Hall–Kier alpha value is -0.700. The maximum absolute atomic E-state index is 5.61. The molecule has 0 aromatic rings. The Kier molecular flexibility index (Phi) is 3.20. The number of hydrogen-bond donors (Lipinski definition) is 2. The molecule has 3 nitrogen and oxygen atoms in total. The van der Waals surface area contributed by atoms with E-state index in [1.54, 1.807) is 0 Å². The molecule has 0 radical (unpaired) electrons. The van der Waals surface area contributed by atoms with Gasteiger partial charge in [0, 0.05) is 23.5 Å². The molecular weight excluding hydrogens is 186 g/mol. The fourth-order valence-corrected chi connectivity index (χ4v) is 1.09. The van der Waals surface area contributed by atoms with Crippen LogP contribution in [0.2, 0.25) is 0 Å². The lowest BCUT2D eigenvalue weighted by molar-refractivity contribution is 0.358. The van der Waals surface area contributed by atoms with Crippen LogP contribution in [0.5, 0.6) is 0 Å². The molecule has 0 aliphatic carbocycles. The normalized spacial score (nSPS) is 20.1. The van der Waals surface area contributed by atoms with Crippen LogP contribution in [0.25, 0.3) is 0 Å². The van der Waals surface area contributed by atoms with Crippen molar-refractivity contribution in [1.82, 2.24) is 10.6 Å². The van der Waals surface area contributed by atoms with Gasteiger partial charge < -0.3 is 10.6 Å². The van der Waals surface area contributed by atoms with Gasteiger partial charge in [0.25, 0.3) is 0 Å². The van der Waals surface area contributed by atoms with Crippen LogP contribution in [0.1, 0.15) is 13.8 Å². The monoisotopic (exact) mass is 201 g/mol. The van der Waals surface area contributed by atoms with E-state index in [0.717, 1.165) is 19.0 Å². The summed E-state index contributed by atoms with van der Waals surface area (Å²) in [5.74, 6) is 0.820. The molecule has 0 atom stereocenters. The number of guanidine groups is 1. The summed E-state index contributed by atoms with van der Waals surface area (Å²) in [5, 5.41) is 6.86. The van der Waals surface area contributed by atoms with E-state index in [0.29, 0.717) is 11.6 Å². The minimum Gasteiger partial charge on any atom is -0.356 e. The summed E-state index contributed by atoms with van der Waals surface area (Å²) in [4.78, 5) is 4.35. The summed E-state index contributed by atoms with van der Waals surface area (Å²) in [5.41, 5.74) is 0.253. The van der Waals surface area contributed by atoms with Gasteiger partial charge in [-0.05, 0) is 0 Å². The average Bonchev–Trinajstić information content (AvgIpc) is 2.02. The Morgan fingerprint density at radius 2 is 2.46 bits per heavy atom. The van der Waals surface area contributed by atoms with Gasteiger partial charge in [-0.25, -0.2) is 0 Å². The van der Waals surface area contributed by atoms with Crippen molar-refractivity contribution in [3.05, 3.63) is 11.6 Å². The van der Waals surface area contributed by atoms with Crippen LogP contribution < -0.4 is 10.6 Å². The number of hydrogen-bond acceptors (Lipinski definition) is 3. The van der Waals surface area contributed by atoms with E-state index in [-0.39, 0.29) is 5.41 Å². The minimum atomic E-state index is 0.253. The number of nitrogens with zero attached hydrogens (tertiary/aromatic N) is 1. The van der Waals surface area contributed by atoms with E-state index < -0.39 is 0 Å². The van der Waals surface area contributed by atoms with Crippen LogP contribution in [-0.4, -0.2) is 25.6 Å². The second-order valence-electron chi connectivity index (χ2n) is 4.05. The molecule has 1 aliphatic rings. The van der Waals surface area contributed by atoms with Gasteiger partial charge in [-0.1, -0.05) is 32.0 Å². The Bertz CT molecular complexity index is 233. The molecule has 2 N–H and O–H groups in total. The summed E-state index contributed by atoms with van der Waals surface area (Å²) in [6, 6.07) is 0. The number of rotatable bonds is 2. The lowest BCUT2D eigenvalue weighted by Crippen LogP contribution is -2.47. The third-order valence-corrected chi connectivity index (χ3v) is 1.98. The predicted molar refractivity (Wildman–Crippen MR) is 57.1 cm³/mol. The summed E-state index contributed by atoms with van der Waals surface area (Å²) >= 11 is 5.61. The molecule has 0 saturated heterocycles. The van der Waals surface area contributed by atoms with E-state index in [4.69, 9.17) is 11.6 Å². The molecule has 1 rings (SSSR count). The summed E-state index contributed by atoms with van der Waals surface area (Å²) in [6.07, 6.45) is 0. The van der Waals surface area contributed by atoms with Gasteiger partial charge in [-0.2, -0.15) is 0 Å². The maximum Gasteiger partial charge on any atom is 0.191 e. The first-order valence-corrected chi connectivity index (χ1v) is 4.73. The largest absolute Gasteiger partial charge is 0.356 e. The highest BCUT2D eigenvalue weighted by molar-refractivity contribution is 6.29. The van der Waals surface area contributed by atoms with Crippen molar-refractivity contribution in [3.63, 3.8) is 0 Å². The fourth-order valence-electron chi connectivity index (χ4n) is 1.03. The minimum absolute atomic E-state index is 0.253. The molecule has 1 heterocycles. The van der Waals surface area contributed by atoms with Gasteiger partial charge in [-0.15, -0.1) is 0 Å². The summed E-state index contributed by atoms with van der Waals surface area (Å²) < 4.78 is 0. The van der Waals surface area contributed by atoms with Gasteiger partial charge in [0.2, 0.25) is 0 Å². The maximum atomic E-state index is 5.61. The van der Waals surface area contributed by atoms with Gasteiger partial charge >= 0.3 is 0 Å². The molecule has 0 spiro atoms. The third-order valence-electron chi connectivity index (χ3n) is 1.85. The van der Waals surface area contributed by atoms with Crippen LogP contribution >= 0.6 is 11.6 Å². The van der Waals surface area contributed by atoms with Crippen LogP contribution in [0.15, 0.2) is 16.6 Å². The molecule has 0 amide bonds. The molecule has 0 saturated carbocycles. The molecular formula is C9H16ClN3. The fraction of sp³-hybridized carbons (Fsp3) is 0.667. The summed E-state index contributed by atoms with van der Waals surface area (Å²) in [7, 11) is 0. The zero-order valence-electron chi connectivity index (χ0n) is 8.15. The predicted octanol–water partition coefficient (Wildman–Crippen LogP) is 1.31. The molecule has 0 unspecified atom stereocenters. The molecule has 13 heavy (non-hydrogen) atoms. The second-order valence-corrected chi connectivity index (χ2v) is 4.59. The van der Waals surface area contributed by atoms with Crippen LogP contribution in [-0.2, 0) is 0 Å². The van der Waals surface area contributed by atoms with E-state index in [1.807, 2.05) is 0 Å². The lowest BCUT2D eigenvalue weighted by atomic mass is 9.93. The smallest absolute Gasteiger partial charge is 0.191 e. The molecule has 1 aliphatic heterocycles. The summed E-state index contributed by atoms with van der Waals surface area (Å²) in [6.45, 7) is 10.3. The van der Waals surface area contributed by atoms with E-state index in [1.165, 1.54) is 0 Å². The number of halogens is 1. The Morgan fingerprint density at radius 3 is 2.92 bits per heavy atom. The average molecular weight is 202 g/mol. The molecule has 0 aromatic carbocycles. The Balaban J connectivity index is 2.38. The SMILES string of the molecule is C=C(Cl)CNC1=NCC(C)(C)CN1. The van der Waals surface area contributed by atoms with Crippen molar-refractivity contribution in [2.45, 2.75) is 13.8 Å². The molecule has 0 bridgehead atoms. The quantitative estimate of drug-likeness (QED) is 0.707. The van der Waals surface area contributed by atoms with Crippen molar-refractivity contribution in [2.75, 3.05) is 19.6 Å². The van der Waals surface area contributed by atoms with Gasteiger partial charge in [0.05, 0.1) is 6.54 Å². The number of nitrogens with one attached hydrogen (secondary N) is 2. The van der Waals surface area contributed by atoms with Crippen LogP contribution in [0, 0.1) is 5.41 Å². The highest BCUT2D eigenvalue weighted by Gasteiger charge is 2.21. The van der Waals surface area contributed by atoms with E-state index in [9.17, 15) is 0 Å². The standard InChI is InChI=1S/C9H16ClN3/c1-7(10)4-11-8-12-5-9(2,3)6-13-8/h1,4-6H2,2-3H3,(H2,11,12,13). The van der Waals surface area contributed by atoms with Crippen molar-refractivity contribution in [2.24, 2.45) is 10.4 Å². The third kappa shape index (κ3) is 3.68. The first-order chi connectivity index (χ1) is 5.99. The van der Waals surface area contributed by atoms with E-state index in [2.05, 4.69) is 36.1 Å². The zero-order chi connectivity index (χ0) is 9.90. The van der Waals surface area contributed by atoms with Crippen LogP contribution in [0.4, 0.5) is 0 Å². The van der Waals surface area contributed by atoms with Crippen molar-refractivity contribution in [1.29, 1.82) is 0 Å². The molecule has 0 aromatic heterocycles. The van der Waals surface area contributed by atoms with Crippen LogP contribution in [0.3, 0.4) is 0 Å². The molecule has 4 heteroatoms. The number of aliphatic imine (C=N–C) groups is 1. The zero-order valence-corrected chi connectivity index (χ0v) is 8.91. The Morgan fingerprint density at radius 1 is 1.77 bits per heavy atom. The van der Waals surface area contributed by atoms with Gasteiger partial charge in [-0.3, -0.25) is 4.99 Å². The molecule has 0 fully saturated rings. The topological polar surface area (TPSA) is 36.4 Å². The first-order valence-electron chi connectivity index (χ1n) is 4.35. The molecule has 74 valence electrons. The lowest BCUT2D eigenvalue weighted by Gasteiger charge is -2.29. The van der Waals surface area contributed by atoms with Crippen molar-refractivity contribution >= 4 is 17.6 Å².